The molecule has 1 amide bonds. The molecule has 0 aliphatic carbocycles. The topological polar surface area (TPSA) is 72.1 Å². The molecule has 1 unspecified atom stereocenters. The fourth-order valence-electron chi connectivity index (χ4n) is 3.60. The lowest BCUT2D eigenvalue weighted by Crippen LogP contribution is -2.39. The van der Waals surface area contributed by atoms with Crippen LogP contribution in [0.3, 0.4) is 0 Å². The minimum absolute atomic E-state index is 0.0262. The molecule has 1 aromatic carbocycles. The lowest BCUT2D eigenvalue weighted by Gasteiger charge is -2.31. The lowest BCUT2D eigenvalue weighted by molar-refractivity contribution is -0.141. The second kappa shape index (κ2) is 8.09. The number of amides is 1. The van der Waals surface area contributed by atoms with E-state index < -0.39 is 11.9 Å². The summed E-state index contributed by atoms with van der Waals surface area (Å²) in [5.41, 5.74) is -0.270. The van der Waals surface area contributed by atoms with Gasteiger partial charge in [0.2, 0.25) is 11.7 Å². The van der Waals surface area contributed by atoms with Gasteiger partial charge in [-0.2, -0.15) is 18.2 Å². The molecule has 4 rings (SSSR count). The summed E-state index contributed by atoms with van der Waals surface area (Å²) >= 11 is 0. The molecule has 162 valence electrons. The largest absolute Gasteiger partial charge is 0.433 e. The molecule has 1 saturated heterocycles. The number of pyridine rings is 1. The average Bonchev–Trinajstić information content (AvgIpc) is 3.23. The van der Waals surface area contributed by atoms with Crippen LogP contribution in [0.25, 0.3) is 11.4 Å². The number of alkyl halides is 3. The van der Waals surface area contributed by atoms with E-state index in [4.69, 9.17) is 4.52 Å². The third-order valence-electron chi connectivity index (χ3n) is 5.21. The van der Waals surface area contributed by atoms with Crippen LogP contribution in [0.1, 0.15) is 46.4 Å². The number of likely N-dealkylation sites (tertiary alicyclic amines) is 1. The van der Waals surface area contributed by atoms with Crippen LogP contribution in [0.15, 0.2) is 40.9 Å². The van der Waals surface area contributed by atoms with Gasteiger partial charge in [0.15, 0.2) is 0 Å². The molecule has 10 heteroatoms. The lowest BCUT2D eigenvalue weighted by atomic mass is 9.97. The summed E-state index contributed by atoms with van der Waals surface area (Å²) in [6.07, 6.45) is -3.17. The van der Waals surface area contributed by atoms with Crippen LogP contribution >= 0.6 is 0 Å². The molecule has 1 aliphatic rings. The van der Waals surface area contributed by atoms with E-state index in [-0.39, 0.29) is 28.9 Å². The van der Waals surface area contributed by atoms with Crippen molar-refractivity contribution in [3.05, 3.63) is 65.1 Å². The molecule has 0 N–H and O–H groups in total. The summed E-state index contributed by atoms with van der Waals surface area (Å²) in [6, 6.07) is 7.66. The van der Waals surface area contributed by atoms with E-state index in [1.165, 1.54) is 19.1 Å². The molecule has 2 aromatic heterocycles. The van der Waals surface area contributed by atoms with Crippen molar-refractivity contribution in [1.82, 2.24) is 20.0 Å². The number of carbonyl (C=O) groups excluding carboxylic acids is 1. The summed E-state index contributed by atoms with van der Waals surface area (Å²) in [4.78, 5) is 22.4. The summed E-state index contributed by atoms with van der Waals surface area (Å²) in [5.74, 6) is -0.286. The van der Waals surface area contributed by atoms with Gasteiger partial charge < -0.3 is 9.42 Å². The molecule has 6 nitrogen and oxygen atoms in total. The van der Waals surface area contributed by atoms with Gasteiger partial charge in [-0.15, -0.1) is 0 Å². The van der Waals surface area contributed by atoms with E-state index in [9.17, 15) is 22.4 Å². The van der Waals surface area contributed by atoms with Crippen molar-refractivity contribution in [2.24, 2.45) is 0 Å². The van der Waals surface area contributed by atoms with Crippen molar-refractivity contribution in [3.63, 3.8) is 0 Å². The van der Waals surface area contributed by atoms with E-state index in [1.54, 1.807) is 17.0 Å². The van der Waals surface area contributed by atoms with Gasteiger partial charge in [0.05, 0.1) is 17.2 Å². The number of hydrogen-bond acceptors (Lipinski definition) is 5. The Balaban J connectivity index is 1.50. The SMILES string of the molecule is Cc1nc(C(F)(F)F)ccc1C(=O)N1CCCC(c2nc(-c3ccc(F)cc3)no2)C1. The molecule has 3 aromatic rings. The number of carbonyl (C=O) groups is 1. The monoisotopic (exact) mass is 434 g/mol. The fraction of sp³-hybridized carbons (Fsp3) is 0.333. The van der Waals surface area contributed by atoms with E-state index in [0.717, 1.165) is 18.6 Å². The van der Waals surface area contributed by atoms with Gasteiger partial charge in [-0.05, 0) is 56.2 Å². The molecular formula is C21H18F4N4O2. The van der Waals surface area contributed by atoms with Crippen molar-refractivity contribution < 1.29 is 26.9 Å². The number of nitrogens with zero attached hydrogens (tertiary/aromatic N) is 4. The number of hydrogen-bond donors (Lipinski definition) is 0. The van der Waals surface area contributed by atoms with Crippen LogP contribution in [0.5, 0.6) is 0 Å². The van der Waals surface area contributed by atoms with Gasteiger partial charge >= 0.3 is 6.18 Å². The van der Waals surface area contributed by atoms with E-state index in [2.05, 4.69) is 15.1 Å². The Labute approximate surface area is 174 Å². The molecule has 0 spiro atoms. The quantitative estimate of drug-likeness (QED) is 0.563. The summed E-state index contributed by atoms with van der Waals surface area (Å²) in [6.45, 7) is 2.15. The minimum Gasteiger partial charge on any atom is -0.339 e. The molecule has 1 fully saturated rings. The summed E-state index contributed by atoms with van der Waals surface area (Å²) < 4.78 is 57.0. The first-order valence-electron chi connectivity index (χ1n) is 9.66. The number of aromatic nitrogens is 3. The van der Waals surface area contributed by atoms with Crippen LogP contribution in [0.4, 0.5) is 17.6 Å². The number of rotatable bonds is 3. The van der Waals surface area contributed by atoms with Gasteiger partial charge in [-0.25, -0.2) is 9.37 Å². The first kappa shape index (κ1) is 21.0. The first-order valence-corrected chi connectivity index (χ1v) is 9.66. The van der Waals surface area contributed by atoms with Crippen molar-refractivity contribution in [2.45, 2.75) is 31.9 Å². The van der Waals surface area contributed by atoms with E-state index in [1.807, 2.05) is 0 Å². The van der Waals surface area contributed by atoms with Crippen molar-refractivity contribution in [1.29, 1.82) is 0 Å². The Morgan fingerprint density at radius 3 is 2.55 bits per heavy atom. The molecular weight excluding hydrogens is 416 g/mol. The van der Waals surface area contributed by atoms with Gasteiger partial charge in [-0.1, -0.05) is 5.16 Å². The fourth-order valence-corrected chi connectivity index (χ4v) is 3.60. The molecule has 1 atom stereocenters. The molecule has 1 aliphatic heterocycles. The summed E-state index contributed by atoms with van der Waals surface area (Å²) in [5, 5.41) is 3.94. The number of aryl methyl sites for hydroxylation is 1. The first-order chi connectivity index (χ1) is 14.7. The standard InChI is InChI=1S/C21H18F4N4O2/c1-12-16(8-9-17(26-12)21(23,24)25)20(30)29-10-2-3-14(11-29)19-27-18(28-31-19)13-4-6-15(22)7-5-13/h4-9,14H,2-3,10-11H2,1H3. The Morgan fingerprint density at radius 2 is 1.87 bits per heavy atom. The summed E-state index contributed by atoms with van der Waals surface area (Å²) in [7, 11) is 0. The molecule has 0 radical (unpaired) electrons. The van der Waals surface area contributed by atoms with Crippen LogP contribution in [0.2, 0.25) is 0 Å². The zero-order chi connectivity index (χ0) is 22.2. The highest BCUT2D eigenvalue weighted by atomic mass is 19.4. The van der Waals surface area contributed by atoms with Crippen LogP contribution in [-0.2, 0) is 6.18 Å². The van der Waals surface area contributed by atoms with Crippen molar-refractivity contribution in [2.75, 3.05) is 13.1 Å². The highest BCUT2D eigenvalue weighted by Gasteiger charge is 2.34. The number of halogens is 4. The molecule has 3 heterocycles. The highest BCUT2D eigenvalue weighted by Crippen LogP contribution is 2.30. The maximum Gasteiger partial charge on any atom is 0.433 e. The average molecular weight is 434 g/mol. The maximum atomic E-state index is 13.1. The molecule has 31 heavy (non-hydrogen) atoms. The molecule has 0 saturated carbocycles. The van der Waals surface area contributed by atoms with Crippen LogP contribution in [0, 0.1) is 12.7 Å². The second-order valence-electron chi connectivity index (χ2n) is 7.38. The third-order valence-corrected chi connectivity index (χ3v) is 5.21. The van der Waals surface area contributed by atoms with Crippen molar-refractivity contribution >= 4 is 5.91 Å². The Morgan fingerprint density at radius 1 is 1.13 bits per heavy atom. The minimum atomic E-state index is -4.57. The van der Waals surface area contributed by atoms with Crippen molar-refractivity contribution in [3.8, 4) is 11.4 Å². The Bertz CT molecular complexity index is 1100. The Kier molecular flexibility index (Phi) is 5.47. The van der Waals surface area contributed by atoms with Crippen LogP contribution in [-0.4, -0.2) is 39.0 Å². The van der Waals surface area contributed by atoms with E-state index in [0.29, 0.717) is 36.8 Å². The Hall–Kier alpha value is -3.30. The maximum absolute atomic E-state index is 13.1. The molecule has 0 bridgehead atoms. The number of piperidine rings is 1. The second-order valence-corrected chi connectivity index (χ2v) is 7.38. The third kappa shape index (κ3) is 4.42. The predicted octanol–water partition coefficient (Wildman–Crippen LogP) is 4.62. The zero-order valence-electron chi connectivity index (χ0n) is 16.5. The smallest absolute Gasteiger partial charge is 0.339 e. The zero-order valence-corrected chi connectivity index (χ0v) is 16.5. The van der Waals surface area contributed by atoms with Gasteiger partial charge in [0.1, 0.15) is 11.5 Å². The van der Waals surface area contributed by atoms with Gasteiger partial charge in [0.25, 0.3) is 5.91 Å². The number of benzene rings is 1. The van der Waals surface area contributed by atoms with Gasteiger partial charge in [-0.3, -0.25) is 4.79 Å². The predicted molar refractivity (Wildman–Crippen MR) is 102 cm³/mol. The highest BCUT2D eigenvalue weighted by molar-refractivity contribution is 5.95. The van der Waals surface area contributed by atoms with Gasteiger partial charge in [0, 0.05) is 18.7 Å². The van der Waals surface area contributed by atoms with Crippen LogP contribution < -0.4 is 0 Å². The van der Waals surface area contributed by atoms with E-state index >= 15 is 0 Å². The normalized spacial score (nSPS) is 17.1.